The Bertz CT molecular complexity index is 943. The van der Waals surface area contributed by atoms with Gasteiger partial charge in [0.15, 0.2) is 5.69 Å². The van der Waals surface area contributed by atoms with Crippen molar-refractivity contribution < 1.29 is 9.53 Å². The van der Waals surface area contributed by atoms with E-state index in [1.54, 1.807) is 0 Å². The molecule has 1 amide bonds. The third kappa shape index (κ3) is 5.23. The molecule has 0 radical (unpaired) electrons. The highest BCUT2D eigenvalue weighted by atomic mass is 35.5. The summed E-state index contributed by atoms with van der Waals surface area (Å²) >= 11 is 0. The summed E-state index contributed by atoms with van der Waals surface area (Å²) in [5.74, 6) is -0.152. The molecule has 0 saturated carbocycles. The summed E-state index contributed by atoms with van der Waals surface area (Å²) in [5.41, 5.74) is 5.78. The molecule has 3 N–H and O–H groups in total. The van der Waals surface area contributed by atoms with Gasteiger partial charge in [-0.25, -0.2) is 0 Å². The number of hydrogen-bond donors (Lipinski definition) is 3. The number of carbonyl (C=O) groups excluding carboxylic acids is 1. The molecule has 0 atom stereocenters. The lowest BCUT2D eigenvalue weighted by Crippen LogP contribution is -2.28. The first-order valence-electron chi connectivity index (χ1n) is 9.55. The SMILES string of the molecule is Cl.O=C(NCc1ccccc1COCc1ccccc1)c1n[nH]c2c1CNCC2. The van der Waals surface area contributed by atoms with Crippen molar-refractivity contribution >= 4 is 18.3 Å². The van der Waals surface area contributed by atoms with Gasteiger partial charge in [-0.1, -0.05) is 54.6 Å². The highest BCUT2D eigenvalue weighted by Crippen LogP contribution is 2.16. The topological polar surface area (TPSA) is 79.0 Å². The zero-order valence-corrected chi connectivity index (χ0v) is 16.9. The molecule has 2 heterocycles. The van der Waals surface area contributed by atoms with Crippen LogP contribution in [0.5, 0.6) is 0 Å². The van der Waals surface area contributed by atoms with Crippen LogP contribution in [-0.2, 0) is 37.5 Å². The fourth-order valence-corrected chi connectivity index (χ4v) is 3.40. The van der Waals surface area contributed by atoms with Crippen molar-refractivity contribution in [3.05, 3.63) is 88.2 Å². The number of halogens is 1. The molecule has 0 unspecified atom stereocenters. The molecule has 0 saturated heterocycles. The summed E-state index contributed by atoms with van der Waals surface area (Å²) in [6.07, 6.45) is 0.872. The van der Waals surface area contributed by atoms with Crippen LogP contribution in [0.4, 0.5) is 0 Å². The van der Waals surface area contributed by atoms with E-state index in [0.717, 1.165) is 40.9 Å². The third-order valence-electron chi connectivity index (χ3n) is 4.95. The second kappa shape index (κ2) is 10.2. The highest BCUT2D eigenvalue weighted by Gasteiger charge is 2.21. The highest BCUT2D eigenvalue weighted by molar-refractivity contribution is 5.94. The van der Waals surface area contributed by atoms with Crippen LogP contribution in [-0.4, -0.2) is 22.6 Å². The maximum absolute atomic E-state index is 12.6. The molecule has 29 heavy (non-hydrogen) atoms. The summed E-state index contributed by atoms with van der Waals surface area (Å²) in [6, 6.07) is 18.1. The van der Waals surface area contributed by atoms with E-state index in [4.69, 9.17) is 4.74 Å². The average molecular weight is 413 g/mol. The molecule has 0 bridgehead atoms. The minimum Gasteiger partial charge on any atom is -0.372 e. The lowest BCUT2D eigenvalue weighted by Gasteiger charge is -2.14. The summed E-state index contributed by atoms with van der Waals surface area (Å²) < 4.78 is 5.86. The van der Waals surface area contributed by atoms with Gasteiger partial charge in [0.1, 0.15) is 0 Å². The van der Waals surface area contributed by atoms with Gasteiger partial charge in [0.25, 0.3) is 5.91 Å². The van der Waals surface area contributed by atoms with Gasteiger partial charge in [0, 0.05) is 37.3 Å². The number of ether oxygens (including phenoxy) is 1. The fourth-order valence-electron chi connectivity index (χ4n) is 3.40. The number of aromatic nitrogens is 2. The van der Waals surface area contributed by atoms with Crippen molar-refractivity contribution in [1.82, 2.24) is 20.8 Å². The molecule has 4 rings (SSSR count). The predicted molar refractivity (Wildman–Crippen MR) is 114 cm³/mol. The van der Waals surface area contributed by atoms with Gasteiger partial charge in [0.05, 0.1) is 13.2 Å². The molecule has 0 aliphatic carbocycles. The van der Waals surface area contributed by atoms with Crippen LogP contribution in [0.25, 0.3) is 0 Å². The molecular weight excluding hydrogens is 388 g/mol. The second-order valence-electron chi connectivity index (χ2n) is 6.89. The van der Waals surface area contributed by atoms with Crippen LogP contribution in [0.15, 0.2) is 54.6 Å². The van der Waals surface area contributed by atoms with Gasteiger partial charge < -0.3 is 15.4 Å². The van der Waals surface area contributed by atoms with E-state index in [1.807, 2.05) is 54.6 Å². The number of nitrogens with one attached hydrogen (secondary N) is 3. The van der Waals surface area contributed by atoms with E-state index >= 15 is 0 Å². The first-order chi connectivity index (χ1) is 13.8. The Labute approximate surface area is 176 Å². The maximum atomic E-state index is 12.6. The van der Waals surface area contributed by atoms with Gasteiger partial charge in [-0.15, -0.1) is 12.4 Å². The summed E-state index contributed by atoms with van der Waals surface area (Å²) in [5, 5.41) is 13.5. The van der Waals surface area contributed by atoms with Crippen LogP contribution in [0, 0.1) is 0 Å². The number of H-pyrrole nitrogens is 1. The molecule has 3 aromatic rings. The second-order valence-corrected chi connectivity index (χ2v) is 6.89. The van der Waals surface area contributed by atoms with Crippen molar-refractivity contribution in [3.8, 4) is 0 Å². The number of hydrogen-bond acceptors (Lipinski definition) is 4. The fraction of sp³-hybridized carbons (Fsp3) is 0.273. The lowest BCUT2D eigenvalue weighted by atomic mass is 10.1. The van der Waals surface area contributed by atoms with Gasteiger partial charge in [-0.2, -0.15) is 5.10 Å². The van der Waals surface area contributed by atoms with Crippen molar-refractivity contribution in [2.45, 2.75) is 32.7 Å². The molecule has 7 heteroatoms. The Kier molecular flexibility index (Phi) is 7.41. The number of aromatic amines is 1. The van der Waals surface area contributed by atoms with E-state index in [1.165, 1.54) is 0 Å². The third-order valence-corrected chi connectivity index (χ3v) is 4.95. The molecule has 1 aromatic heterocycles. The van der Waals surface area contributed by atoms with Gasteiger partial charge >= 0.3 is 0 Å². The lowest BCUT2D eigenvalue weighted by molar-refractivity contribution is 0.0941. The van der Waals surface area contributed by atoms with Gasteiger partial charge in [0.2, 0.25) is 0 Å². The average Bonchev–Trinajstić information content (AvgIpc) is 3.18. The zero-order chi connectivity index (χ0) is 19.2. The summed E-state index contributed by atoms with van der Waals surface area (Å²) in [7, 11) is 0. The minimum absolute atomic E-state index is 0. The number of nitrogens with zero attached hydrogens (tertiary/aromatic N) is 1. The number of benzene rings is 2. The zero-order valence-electron chi connectivity index (χ0n) is 16.1. The maximum Gasteiger partial charge on any atom is 0.272 e. The molecule has 1 aliphatic heterocycles. The standard InChI is InChI=1S/C22H24N4O2.ClH/c27-22(21-19-13-23-11-10-20(19)25-26-21)24-12-17-8-4-5-9-18(17)15-28-14-16-6-2-1-3-7-16;/h1-9,23H,10-15H2,(H,24,27)(H,25,26);1H. The largest absolute Gasteiger partial charge is 0.372 e. The molecular formula is C22H25ClN4O2. The molecule has 1 aliphatic rings. The Morgan fingerprint density at radius 1 is 1.03 bits per heavy atom. The van der Waals surface area contributed by atoms with Crippen LogP contribution >= 0.6 is 12.4 Å². The monoisotopic (exact) mass is 412 g/mol. The smallest absolute Gasteiger partial charge is 0.272 e. The predicted octanol–water partition coefficient (Wildman–Crippen LogP) is 3.12. The molecule has 0 spiro atoms. The van der Waals surface area contributed by atoms with Crippen molar-refractivity contribution in [1.29, 1.82) is 0 Å². The van der Waals surface area contributed by atoms with Crippen molar-refractivity contribution in [2.24, 2.45) is 0 Å². The van der Waals surface area contributed by atoms with E-state index in [9.17, 15) is 4.79 Å². The number of amides is 1. The summed E-state index contributed by atoms with van der Waals surface area (Å²) in [6.45, 7) is 3.10. The number of fused-ring (bicyclic) bond motifs is 1. The van der Waals surface area contributed by atoms with Crippen molar-refractivity contribution in [3.63, 3.8) is 0 Å². The summed E-state index contributed by atoms with van der Waals surface area (Å²) in [4.78, 5) is 12.6. The van der Waals surface area contributed by atoms with Crippen LogP contribution in [0.1, 0.15) is 38.4 Å². The van der Waals surface area contributed by atoms with Crippen LogP contribution in [0.2, 0.25) is 0 Å². The Hall–Kier alpha value is -2.67. The molecule has 152 valence electrons. The number of carbonyl (C=O) groups is 1. The van der Waals surface area contributed by atoms with Gasteiger partial charge in [-0.05, 0) is 16.7 Å². The Balaban J connectivity index is 0.00000240. The molecule has 2 aromatic carbocycles. The first kappa shape index (κ1) is 21.0. The van der Waals surface area contributed by atoms with Gasteiger partial charge in [-0.3, -0.25) is 9.89 Å². The van der Waals surface area contributed by atoms with E-state index < -0.39 is 0 Å². The molecule has 0 fully saturated rings. The molecule has 6 nitrogen and oxygen atoms in total. The quantitative estimate of drug-likeness (QED) is 0.557. The van der Waals surface area contributed by atoms with Crippen molar-refractivity contribution in [2.75, 3.05) is 6.54 Å². The van der Waals surface area contributed by atoms with Crippen LogP contribution in [0.3, 0.4) is 0 Å². The van der Waals surface area contributed by atoms with Crippen LogP contribution < -0.4 is 10.6 Å². The van der Waals surface area contributed by atoms with E-state index in [-0.39, 0.29) is 18.3 Å². The Morgan fingerprint density at radius 3 is 2.62 bits per heavy atom. The minimum atomic E-state index is -0.152. The number of rotatable bonds is 7. The van der Waals surface area contributed by atoms with E-state index in [2.05, 4.69) is 20.8 Å². The van der Waals surface area contributed by atoms with E-state index in [0.29, 0.717) is 32.0 Å². The normalized spacial score (nSPS) is 12.7. The Morgan fingerprint density at radius 2 is 1.79 bits per heavy atom. The first-order valence-corrected chi connectivity index (χ1v) is 9.55.